The number of carboxylic acid groups (broad SMARTS) is 1. The Hall–Kier alpha value is -1.44. The molecule has 3 atom stereocenters. The molecule has 1 aliphatic rings. The standard InChI is InChI=1S/C16H24N2O4S/c1-16(2,3)22-15(21)10-6-4-8-18(13(10)17)12(14(19)20)11-7-5-9-23-11/h5,7,9-10,12-13H,4,6,8,17H2,1-3H3,(H,19,20)/t10-,12-,13-/m1/s1. The van der Waals surface area contributed by atoms with E-state index >= 15 is 0 Å². The molecular weight excluding hydrogens is 316 g/mol. The summed E-state index contributed by atoms with van der Waals surface area (Å²) in [5.74, 6) is -1.82. The normalized spacial score (nSPS) is 24.2. The Kier molecular flexibility index (Phi) is 5.44. The van der Waals surface area contributed by atoms with E-state index in [1.165, 1.54) is 11.3 Å². The first-order valence-electron chi connectivity index (χ1n) is 7.71. The Bertz CT molecular complexity index is 553. The summed E-state index contributed by atoms with van der Waals surface area (Å²) in [6.07, 6.45) is 0.664. The Balaban J connectivity index is 2.19. The molecule has 0 bridgehead atoms. The number of nitrogens with zero attached hydrogens (tertiary/aromatic N) is 1. The number of carbonyl (C=O) groups is 2. The highest BCUT2D eigenvalue weighted by molar-refractivity contribution is 7.10. The number of carboxylic acids is 1. The van der Waals surface area contributed by atoms with Crippen molar-refractivity contribution < 1.29 is 19.4 Å². The van der Waals surface area contributed by atoms with Crippen LogP contribution in [0.15, 0.2) is 17.5 Å². The second kappa shape index (κ2) is 6.98. The van der Waals surface area contributed by atoms with Crippen molar-refractivity contribution >= 4 is 23.3 Å². The summed E-state index contributed by atoms with van der Waals surface area (Å²) in [5, 5.41) is 11.5. The molecule has 1 aliphatic heterocycles. The maximum absolute atomic E-state index is 12.4. The quantitative estimate of drug-likeness (QED) is 0.816. The second-order valence-corrected chi connectivity index (χ2v) is 7.75. The number of piperidine rings is 1. The van der Waals surface area contributed by atoms with Crippen molar-refractivity contribution in [3.05, 3.63) is 22.4 Å². The molecule has 1 aromatic rings. The predicted octanol–water partition coefficient (Wildman–Crippen LogP) is 2.21. The Morgan fingerprint density at radius 2 is 2.17 bits per heavy atom. The van der Waals surface area contributed by atoms with Gasteiger partial charge in [0, 0.05) is 11.4 Å². The number of rotatable bonds is 4. The summed E-state index contributed by atoms with van der Waals surface area (Å²) in [6, 6.07) is 2.78. The van der Waals surface area contributed by atoms with Gasteiger partial charge in [-0.3, -0.25) is 14.5 Å². The van der Waals surface area contributed by atoms with Crippen LogP contribution >= 0.6 is 11.3 Å². The maximum Gasteiger partial charge on any atom is 0.326 e. The zero-order valence-electron chi connectivity index (χ0n) is 13.7. The van der Waals surface area contributed by atoms with Crippen molar-refractivity contribution in [3.63, 3.8) is 0 Å². The van der Waals surface area contributed by atoms with Crippen LogP contribution in [0, 0.1) is 5.92 Å². The van der Waals surface area contributed by atoms with Gasteiger partial charge in [-0.05, 0) is 45.1 Å². The van der Waals surface area contributed by atoms with Gasteiger partial charge >= 0.3 is 11.9 Å². The van der Waals surface area contributed by atoms with Crippen LogP contribution in [0.25, 0.3) is 0 Å². The van der Waals surface area contributed by atoms with Crippen molar-refractivity contribution in [2.75, 3.05) is 6.54 Å². The molecular formula is C16H24N2O4S. The molecule has 0 aliphatic carbocycles. The molecule has 0 unspecified atom stereocenters. The molecule has 0 spiro atoms. The smallest absolute Gasteiger partial charge is 0.326 e. The van der Waals surface area contributed by atoms with E-state index in [9.17, 15) is 14.7 Å². The first-order valence-corrected chi connectivity index (χ1v) is 8.59. The number of esters is 1. The molecule has 2 heterocycles. The monoisotopic (exact) mass is 340 g/mol. The molecule has 23 heavy (non-hydrogen) atoms. The number of aliphatic carboxylic acids is 1. The number of nitrogens with two attached hydrogens (primary N) is 1. The van der Waals surface area contributed by atoms with Gasteiger partial charge in [-0.1, -0.05) is 6.07 Å². The fraction of sp³-hybridized carbons (Fsp3) is 0.625. The Labute approximate surface area is 140 Å². The summed E-state index contributed by atoms with van der Waals surface area (Å²) >= 11 is 1.38. The van der Waals surface area contributed by atoms with Crippen molar-refractivity contribution in [3.8, 4) is 0 Å². The van der Waals surface area contributed by atoms with Crippen LogP contribution < -0.4 is 5.73 Å². The third-order valence-corrected chi connectivity index (χ3v) is 4.74. The van der Waals surface area contributed by atoms with Gasteiger partial charge < -0.3 is 15.6 Å². The minimum atomic E-state index is -0.951. The SMILES string of the molecule is CC(C)(C)OC(=O)[C@@H]1CCCN([C@@H](C(=O)O)c2cccs2)[C@H]1N. The van der Waals surface area contributed by atoms with Crippen LogP contribution in [0.1, 0.15) is 44.5 Å². The van der Waals surface area contributed by atoms with Gasteiger partial charge in [0.1, 0.15) is 11.6 Å². The van der Waals surface area contributed by atoms with E-state index in [4.69, 9.17) is 10.5 Å². The molecule has 0 saturated carbocycles. The summed E-state index contributed by atoms with van der Waals surface area (Å²) in [7, 11) is 0. The van der Waals surface area contributed by atoms with Gasteiger partial charge in [0.2, 0.25) is 0 Å². The number of likely N-dealkylation sites (tertiary alicyclic amines) is 1. The van der Waals surface area contributed by atoms with E-state index in [0.29, 0.717) is 19.4 Å². The summed E-state index contributed by atoms with van der Waals surface area (Å²) < 4.78 is 5.44. The average molecular weight is 340 g/mol. The third kappa shape index (κ3) is 4.31. The zero-order valence-corrected chi connectivity index (χ0v) is 14.5. The molecule has 1 saturated heterocycles. The number of hydrogen-bond donors (Lipinski definition) is 2. The van der Waals surface area contributed by atoms with Crippen molar-refractivity contribution in [2.45, 2.75) is 51.4 Å². The molecule has 2 rings (SSSR count). The van der Waals surface area contributed by atoms with Crippen LogP contribution in [0.5, 0.6) is 0 Å². The lowest BCUT2D eigenvalue weighted by atomic mass is 9.92. The minimum absolute atomic E-state index is 0.356. The first kappa shape index (κ1) is 17.9. The highest BCUT2D eigenvalue weighted by Gasteiger charge is 2.41. The van der Waals surface area contributed by atoms with Crippen molar-refractivity contribution in [1.82, 2.24) is 4.90 Å². The Morgan fingerprint density at radius 3 is 2.70 bits per heavy atom. The maximum atomic E-state index is 12.4. The lowest BCUT2D eigenvalue weighted by Crippen LogP contribution is -2.56. The number of carbonyl (C=O) groups excluding carboxylic acids is 1. The number of thiophene rings is 1. The third-order valence-electron chi connectivity index (χ3n) is 3.81. The van der Waals surface area contributed by atoms with Gasteiger partial charge in [0.25, 0.3) is 0 Å². The lowest BCUT2D eigenvalue weighted by Gasteiger charge is -2.41. The fourth-order valence-electron chi connectivity index (χ4n) is 2.85. The highest BCUT2D eigenvalue weighted by Crippen LogP contribution is 2.33. The molecule has 0 radical (unpaired) electrons. The van der Waals surface area contributed by atoms with E-state index in [1.807, 2.05) is 32.2 Å². The fourth-order valence-corrected chi connectivity index (χ4v) is 3.69. The van der Waals surface area contributed by atoms with Gasteiger partial charge in [0.05, 0.1) is 12.1 Å². The average Bonchev–Trinajstić information content (AvgIpc) is 2.92. The molecule has 128 valence electrons. The largest absolute Gasteiger partial charge is 0.480 e. The Morgan fingerprint density at radius 1 is 1.48 bits per heavy atom. The van der Waals surface area contributed by atoms with E-state index in [-0.39, 0.29) is 5.97 Å². The van der Waals surface area contributed by atoms with E-state index < -0.39 is 29.7 Å². The van der Waals surface area contributed by atoms with E-state index in [0.717, 1.165) is 4.88 Å². The first-order chi connectivity index (χ1) is 10.7. The van der Waals surface area contributed by atoms with E-state index in [2.05, 4.69) is 0 Å². The van der Waals surface area contributed by atoms with Crippen LogP contribution in [0.3, 0.4) is 0 Å². The molecule has 3 N–H and O–H groups in total. The van der Waals surface area contributed by atoms with Crippen LogP contribution in [-0.2, 0) is 14.3 Å². The van der Waals surface area contributed by atoms with Crippen LogP contribution in [0.2, 0.25) is 0 Å². The molecule has 0 aromatic carbocycles. The number of ether oxygens (including phenoxy) is 1. The minimum Gasteiger partial charge on any atom is -0.480 e. The van der Waals surface area contributed by atoms with E-state index in [1.54, 1.807) is 11.0 Å². The van der Waals surface area contributed by atoms with Gasteiger partial charge in [-0.2, -0.15) is 0 Å². The van der Waals surface area contributed by atoms with Gasteiger partial charge in [-0.15, -0.1) is 11.3 Å². The van der Waals surface area contributed by atoms with Gasteiger partial charge in [-0.25, -0.2) is 0 Å². The summed E-state index contributed by atoms with van der Waals surface area (Å²) in [4.78, 5) is 26.5. The summed E-state index contributed by atoms with van der Waals surface area (Å²) in [5.41, 5.74) is 5.67. The lowest BCUT2D eigenvalue weighted by molar-refractivity contribution is -0.167. The molecule has 0 amide bonds. The predicted molar refractivity (Wildman–Crippen MR) is 87.9 cm³/mol. The zero-order chi connectivity index (χ0) is 17.2. The van der Waals surface area contributed by atoms with Crippen molar-refractivity contribution in [1.29, 1.82) is 0 Å². The second-order valence-electron chi connectivity index (χ2n) is 6.77. The van der Waals surface area contributed by atoms with Crippen LogP contribution in [0.4, 0.5) is 0 Å². The molecule has 7 heteroatoms. The van der Waals surface area contributed by atoms with Gasteiger partial charge in [0.15, 0.2) is 0 Å². The topological polar surface area (TPSA) is 92.9 Å². The van der Waals surface area contributed by atoms with Crippen molar-refractivity contribution in [2.24, 2.45) is 11.7 Å². The highest BCUT2D eigenvalue weighted by atomic mass is 32.1. The number of hydrogen-bond acceptors (Lipinski definition) is 6. The molecule has 1 aromatic heterocycles. The van der Waals surface area contributed by atoms with Crippen LogP contribution in [-0.4, -0.2) is 40.3 Å². The molecule has 6 nitrogen and oxygen atoms in total. The molecule has 1 fully saturated rings. The summed E-state index contributed by atoms with van der Waals surface area (Å²) in [6.45, 7) is 5.98.